The number of carboxylic acids is 2. The Bertz CT molecular complexity index is 697. The lowest BCUT2D eigenvalue weighted by Crippen LogP contribution is -3.00. The lowest BCUT2D eigenvalue weighted by Gasteiger charge is -2.01. The zero-order chi connectivity index (χ0) is 19.9. The summed E-state index contributed by atoms with van der Waals surface area (Å²) in [5, 5.41) is 16.9. The number of aliphatic carboxylic acids is 2. The van der Waals surface area contributed by atoms with E-state index in [-0.39, 0.29) is 37.9 Å². The first kappa shape index (κ1) is 29.9. The first-order chi connectivity index (χ1) is 12.4. The summed E-state index contributed by atoms with van der Waals surface area (Å²) in [4.78, 5) is 40.9. The van der Waals surface area contributed by atoms with E-state index in [0.29, 0.717) is 24.2 Å². The molecule has 154 valence electrons. The van der Waals surface area contributed by atoms with Gasteiger partial charge in [-0.3, -0.25) is 11.7 Å². The van der Waals surface area contributed by atoms with Gasteiger partial charge in [0, 0.05) is 12.2 Å². The van der Waals surface area contributed by atoms with E-state index >= 15 is 0 Å². The lowest BCUT2D eigenvalue weighted by molar-refractivity contribution is -0.505. The molecule has 12 heteroatoms. The van der Waals surface area contributed by atoms with Gasteiger partial charge in [0.2, 0.25) is 13.1 Å². The van der Waals surface area contributed by atoms with Crippen LogP contribution < -0.4 is 36.5 Å². The number of carbonyl (C=O) groups excluding carboxylic acids is 2. The number of carboxylic acid groups (broad SMARTS) is 2. The molecule has 0 saturated carbocycles. The molecule has 2 rings (SSSR count). The molecule has 0 aliphatic carbocycles. The van der Waals surface area contributed by atoms with Gasteiger partial charge < -0.3 is 35.0 Å². The summed E-state index contributed by atoms with van der Waals surface area (Å²) >= 11 is 0. The molecule has 6 N–H and O–H groups in total. The van der Waals surface area contributed by atoms with Crippen LogP contribution in [-0.4, -0.2) is 81.8 Å². The van der Waals surface area contributed by atoms with Crippen molar-refractivity contribution >= 4 is 36.3 Å². The van der Waals surface area contributed by atoms with Gasteiger partial charge in [-0.2, -0.15) is 0 Å². The third kappa shape index (κ3) is 13.4. The van der Waals surface area contributed by atoms with Gasteiger partial charge in [-0.05, 0) is 12.2 Å². The molecular formula is C16H20Cl2N4O6. The summed E-state index contributed by atoms with van der Waals surface area (Å²) in [6.07, 6.45) is 9.76. The average molecular weight is 435 g/mol. The van der Waals surface area contributed by atoms with E-state index in [1.54, 1.807) is 48.6 Å². The quantitative estimate of drug-likeness (QED) is 0.146. The SMILES string of the molecule is NN.O=C=C1C=CC=[N+](CC(=O)O)C1.O=C=C1C=CC=[N+](CC(=O)O)C1.[Cl-].[Cl-]. The molecule has 0 aromatic carbocycles. The van der Waals surface area contributed by atoms with E-state index in [2.05, 4.69) is 11.7 Å². The van der Waals surface area contributed by atoms with Crippen LogP contribution in [0, 0.1) is 0 Å². The molecular weight excluding hydrogens is 415 g/mol. The van der Waals surface area contributed by atoms with Gasteiger partial charge in [-0.15, -0.1) is 0 Å². The molecule has 0 aromatic heterocycles. The van der Waals surface area contributed by atoms with Crippen molar-refractivity contribution in [2.24, 2.45) is 11.7 Å². The van der Waals surface area contributed by atoms with Crippen LogP contribution in [-0.2, 0) is 19.2 Å². The molecule has 0 radical (unpaired) electrons. The van der Waals surface area contributed by atoms with Crippen LogP contribution in [0.1, 0.15) is 0 Å². The Morgan fingerprint density at radius 2 is 1.18 bits per heavy atom. The Morgan fingerprint density at radius 3 is 1.43 bits per heavy atom. The minimum Gasteiger partial charge on any atom is -1.00 e. The van der Waals surface area contributed by atoms with Crippen LogP contribution in [0.4, 0.5) is 0 Å². The zero-order valence-corrected chi connectivity index (χ0v) is 16.1. The highest BCUT2D eigenvalue weighted by atomic mass is 35.5. The third-order valence-electron chi connectivity index (χ3n) is 2.87. The standard InChI is InChI=1S/2C8H7NO3.2ClH.H4N2/c2*10-6-7-2-1-3-9(4-7)5-8(11)12;;;1-2/h2*1-3H,4-5H2;2*1H;1-2H2. The predicted molar refractivity (Wildman–Crippen MR) is 92.5 cm³/mol. The maximum atomic E-state index is 10.3. The largest absolute Gasteiger partial charge is 1.00 e. The molecule has 28 heavy (non-hydrogen) atoms. The van der Waals surface area contributed by atoms with E-state index in [9.17, 15) is 19.2 Å². The second-order valence-electron chi connectivity index (χ2n) is 4.87. The van der Waals surface area contributed by atoms with Gasteiger partial charge in [-0.25, -0.2) is 28.3 Å². The Kier molecular flexibility index (Phi) is 18.8. The van der Waals surface area contributed by atoms with Crippen LogP contribution >= 0.6 is 0 Å². The fourth-order valence-corrected chi connectivity index (χ4v) is 1.91. The summed E-state index contributed by atoms with van der Waals surface area (Å²) in [7, 11) is 0. The number of nitrogens with zero attached hydrogens (tertiary/aromatic N) is 2. The Morgan fingerprint density at radius 1 is 0.857 bits per heavy atom. The molecule has 0 bridgehead atoms. The second-order valence-corrected chi connectivity index (χ2v) is 4.87. The molecule has 2 aliphatic heterocycles. The van der Waals surface area contributed by atoms with Crippen LogP contribution in [0.2, 0.25) is 0 Å². The first-order valence-electron chi connectivity index (χ1n) is 7.20. The lowest BCUT2D eigenvalue weighted by atomic mass is 10.2. The number of rotatable bonds is 4. The van der Waals surface area contributed by atoms with Crippen LogP contribution in [0.5, 0.6) is 0 Å². The van der Waals surface area contributed by atoms with Gasteiger partial charge >= 0.3 is 11.9 Å². The van der Waals surface area contributed by atoms with Gasteiger partial charge in [0.05, 0.1) is 0 Å². The van der Waals surface area contributed by atoms with Crippen LogP contribution in [0.3, 0.4) is 0 Å². The smallest absolute Gasteiger partial charge is 0.369 e. The molecule has 2 aliphatic rings. The van der Waals surface area contributed by atoms with E-state index < -0.39 is 11.9 Å². The fourth-order valence-electron chi connectivity index (χ4n) is 1.91. The van der Waals surface area contributed by atoms with Gasteiger partial charge in [-0.1, -0.05) is 0 Å². The monoisotopic (exact) mass is 434 g/mol. The topological polar surface area (TPSA) is 167 Å². The van der Waals surface area contributed by atoms with Gasteiger partial charge in [0.1, 0.15) is 23.0 Å². The van der Waals surface area contributed by atoms with Gasteiger partial charge in [0.15, 0.2) is 25.5 Å². The van der Waals surface area contributed by atoms with E-state index in [1.165, 1.54) is 9.15 Å². The highest BCUT2D eigenvalue weighted by Gasteiger charge is 2.14. The molecule has 10 nitrogen and oxygen atoms in total. The van der Waals surface area contributed by atoms with Crippen molar-refractivity contribution in [2.45, 2.75) is 0 Å². The van der Waals surface area contributed by atoms with Crippen molar-refractivity contribution < 1.29 is 63.4 Å². The highest BCUT2D eigenvalue weighted by molar-refractivity contribution is 5.75. The van der Waals surface area contributed by atoms with Crippen molar-refractivity contribution in [2.75, 3.05) is 26.2 Å². The summed E-state index contributed by atoms with van der Waals surface area (Å²) in [5.74, 6) is 9.64. The first-order valence-corrected chi connectivity index (χ1v) is 7.20. The Hall–Kier alpha value is -2.84. The Balaban J connectivity index is -0.000000385. The molecule has 0 saturated heterocycles. The molecule has 0 atom stereocenters. The van der Waals surface area contributed by atoms with Crippen molar-refractivity contribution in [3.05, 3.63) is 35.5 Å². The number of hydrogen-bond donors (Lipinski definition) is 4. The Labute approximate surface area is 173 Å². The molecule has 2 heterocycles. The molecule has 0 spiro atoms. The fraction of sp³-hybridized carbons (Fsp3) is 0.250. The summed E-state index contributed by atoms with van der Waals surface area (Å²) in [5.41, 5.74) is 0.942. The number of hydrogen-bond acceptors (Lipinski definition) is 6. The zero-order valence-electron chi connectivity index (χ0n) is 14.6. The number of halogens is 2. The second kappa shape index (κ2) is 17.6. The average Bonchev–Trinajstić information content (AvgIpc) is 2.63. The molecule has 0 fully saturated rings. The van der Waals surface area contributed by atoms with E-state index in [0.717, 1.165) is 0 Å². The number of hydrazine groups is 1. The minimum absolute atomic E-state index is 0. The van der Waals surface area contributed by atoms with Crippen LogP contribution in [0.15, 0.2) is 35.5 Å². The molecule has 0 unspecified atom stereocenters. The van der Waals surface area contributed by atoms with Crippen molar-refractivity contribution in [1.82, 2.24) is 0 Å². The molecule has 0 amide bonds. The van der Waals surface area contributed by atoms with Crippen molar-refractivity contribution in [3.63, 3.8) is 0 Å². The number of allylic oxidation sites excluding steroid dienone is 2. The molecule has 0 aromatic rings. The van der Waals surface area contributed by atoms with Crippen molar-refractivity contribution in [1.29, 1.82) is 0 Å². The summed E-state index contributed by atoms with van der Waals surface area (Å²) in [6.45, 7) is 0.476. The summed E-state index contributed by atoms with van der Waals surface area (Å²) < 4.78 is 3.06. The van der Waals surface area contributed by atoms with Gasteiger partial charge in [0.25, 0.3) is 0 Å². The number of carbonyl (C=O) groups is 2. The predicted octanol–water partition coefficient (Wildman–Crippen LogP) is -8.21. The normalized spacial score (nSPS) is 13.4. The van der Waals surface area contributed by atoms with Crippen molar-refractivity contribution in [3.8, 4) is 0 Å². The third-order valence-corrected chi connectivity index (χ3v) is 2.87. The number of nitrogens with two attached hydrogens (primary N) is 2. The van der Waals surface area contributed by atoms with E-state index in [1.807, 2.05) is 0 Å². The summed E-state index contributed by atoms with van der Waals surface area (Å²) in [6, 6.07) is 0. The maximum absolute atomic E-state index is 10.3. The van der Waals surface area contributed by atoms with E-state index in [4.69, 9.17) is 10.2 Å². The highest BCUT2D eigenvalue weighted by Crippen LogP contribution is 1.97. The minimum atomic E-state index is -0.910. The maximum Gasteiger partial charge on any atom is 0.369 e. The van der Waals surface area contributed by atoms with Crippen LogP contribution in [0.25, 0.3) is 0 Å².